The van der Waals surface area contributed by atoms with Gasteiger partial charge in [0.05, 0.1) is 29.6 Å². The zero-order valence-corrected chi connectivity index (χ0v) is 15.7. The lowest BCUT2D eigenvalue weighted by atomic mass is 10.1. The Hall–Kier alpha value is -3.73. The van der Waals surface area contributed by atoms with Crippen molar-refractivity contribution >= 4 is 23.2 Å². The molecular weight excluding hydrogens is 418 g/mol. The fraction of sp³-hybridized carbons (Fsp3) is 0.150. The van der Waals surface area contributed by atoms with Crippen molar-refractivity contribution in [3.8, 4) is 0 Å². The van der Waals surface area contributed by atoms with Gasteiger partial charge in [-0.25, -0.2) is 9.07 Å². The number of carbonyl (C=O) groups is 2. The molecule has 0 saturated heterocycles. The minimum absolute atomic E-state index is 0.00492. The van der Waals surface area contributed by atoms with Crippen LogP contribution in [0.2, 0.25) is 0 Å². The Morgan fingerprint density at radius 1 is 1.13 bits per heavy atom. The van der Waals surface area contributed by atoms with Crippen LogP contribution in [0.3, 0.4) is 0 Å². The molecule has 0 radical (unpaired) electrons. The van der Waals surface area contributed by atoms with Gasteiger partial charge in [0.2, 0.25) is 0 Å². The van der Waals surface area contributed by atoms with Crippen molar-refractivity contribution < 1.29 is 27.2 Å². The van der Waals surface area contributed by atoms with Gasteiger partial charge in [-0.15, -0.1) is 0 Å². The quantitative estimate of drug-likeness (QED) is 0.619. The Labute approximate surface area is 173 Å². The third-order valence-electron chi connectivity index (χ3n) is 4.80. The van der Waals surface area contributed by atoms with Crippen molar-refractivity contribution in [2.75, 3.05) is 16.8 Å². The van der Waals surface area contributed by atoms with E-state index in [9.17, 15) is 27.2 Å². The van der Waals surface area contributed by atoms with Gasteiger partial charge in [-0.05, 0) is 36.4 Å². The number of alkyl halides is 3. The molecule has 0 fully saturated rings. The molecule has 1 aliphatic rings. The molecule has 0 aliphatic carbocycles. The molecular formula is C20H15F4N5O2. The van der Waals surface area contributed by atoms with E-state index in [0.717, 1.165) is 30.3 Å². The highest BCUT2D eigenvalue weighted by Crippen LogP contribution is 2.33. The first-order valence-electron chi connectivity index (χ1n) is 9.05. The number of hydrogen-bond donors (Lipinski definition) is 2. The summed E-state index contributed by atoms with van der Waals surface area (Å²) in [6.07, 6.45) is -4.11. The number of rotatable bonds is 3. The molecule has 7 nitrogen and oxygen atoms in total. The van der Waals surface area contributed by atoms with Crippen molar-refractivity contribution in [3.05, 3.63) is 77.4 Å². The first kappa shape index (κ1) is 20.5. The predicted octanol–water partition coefficient (Wildman–Crippen LogP) is 3.41. The smallest absolute Gasteiger partial charge is 0.319 e. The lowest BCUT2D eigenvalue weighted by Crippen LogP contribution is -2.46. The molecule has 2 aromatic carbocycles. The van der Waals surface area contributed by atoms with E-state index >= 15 is 0 Å². The van der Waals surface area contributed by atoms with Crippen LogP contribution in [0.1, 0.15) is 32.6 Å². The zero-order valence-electron chi connectivity index (χ0n) is 15.7. The Balaban J connectivity index is 1.64. The van der Waals surface area contributed by atoms with E-state index in [-0.39, 0.29) is 29.2 Å². The molecule has 3 aromatic rings. The highest BCUT2D eigenvalue weighted by molar-refractivity contribution is 6.13. The molecule has 1 atom stereocenters. The molecule has 11 heteroatoms. The summed E-state index contributed by atoms with van der Waals surface area (Å²) in [7, 11) is 0. The number of nitrogens with two attached hydrogens (primary N) is 1. The van der Waals surface area contributed by atoms with Crippen LogP contribution >= 0.6 is 0 Å². The summed E-state index contributed by atoms with van der Waals surface area (Å²) in [4.78, 5) is 26.7. The predicted molar refractivity (Wildman–Crippen MR) is 103 cm³/mol. The summed E-state index contributed by atoms with van der Waals surface area (Å²) < 4.78 is 53.6. The molecule has 2 amide bonds. The minimum Gasteiger partial charge on any atom is -0.319 e. The molecule has 4 rings (SSSR count). The maximum atomic E-state index is 13.9. The SMILES string of the molecule is NC1CN(c2ccc(C(F)(F)F)cc2)C(=O)c2c(NC(=O)c3ccccc3F)cnn21. The van der Waals surface area contributed by atoms with Crippen LogP contribution in [0.4, 0.5) is 28.9 Å². The Morgan fingerprint density at radius 3 is 2.45 bits per heavy atom. The molecule has 160 valence electrons. The summed E-state index contributed by atoms with van der Waals surface area (Å²) in [5.41, 5.74) is 5.13. The van der Waals surface area contributed by atoms with Crippen molar-refractivity contribution in [2.45, 2.75) is 12.3 Å². The monoisotopic (exact) mass is 433 g/mol. The van der Waals surface area contributed by atoms with Gasteiger partial charge < -0.3 is 16.0 Å². The molecule has 0 bridgehead atoms. The van der Waals surface area contributed by atoms with E-state index in [0.29, 0.717) is 0 Å². The van der Waals surface area contributed by atoms with Crippen LogP contribution in [-0.4, -0.2) is 28.1 Å². The Bertz CT molecular complexity index is 1160. The van der Waals surface area contributed by atoms with E-state index in [1.54, 1.807) is 0 Å². The molecule has 1 unspecified atom stereocenters. The fourth-order valence-corrected chi connectivity index (χ4v) is 3.28. The van der Waals surface area contributed by atoms with Gasteiger partial charge in [0.1, 0.15) is 12.0 Å². The van der Waals surface area contributed by atoms with E-state index in [2.05, 4.69) is 10.4 Å². The van der Waals surface area contributed by atoms with Crippen LogP contribution < -0.4 is 16.0 Å². The average molecular weight is 433 g/mol. The maximum Gasteiger partial charge on any atom is 0.416 e. The topological polar surface area (TPSA) is 93.2 Å². The van der Waals surface area contributed by atoms with Crippen LogP contribution in [0, 0.1) is 5.82 Å². The molecule has 0 spiro atoms. The standard InChI is InChI=1S/C20H15F4N5O2/c21-14-4-2-1-3-13(14)18(30)27-15-9-26-29-16(25)10-28(19(31)17(15)29)12-7-5-11(6-8-12)20(22,23)24/h1-9,16H,10,25H2,(H,27,30). The molecule has 1 aromatic heterocycles. The van der Waals surface area contributed by atoms with Crippen LogP contribution in [0.25, 0.3) is 0 Å². The first-order chi connectivity index (χ1) is 14.7. The number of aromatic nitrogens is 2. The molecule has 0 saturated carbocycles. The van der Waals surface area contributed by atoms with E-state index in [4.69, 9.17) is 5.73 Å². The molecule has 2 heterocycles. The number of hydrogen-bond acceptors (Lipinski definition) is 4. The van der Waals surface area contributed by atoms with Crippen molar-refractivity contribution in [1.82, 2.24) is 9.78 Å². The second-order valence-corrected chi connectivity index (χ2v) is 6.81. The third kappa shape index (κ3) is 3.75. The largest absolute Gasteiger partial charge is 0.416 e. The van der Waals surface area contributed by atoms with Gasteiger partial charge in [-0.2, -0.15) is 18.3 Å². The first-order valence-corrected chi connectivity index (χ1v) is 9.05. The van der Waals surface area contributed by atoms with Gasteiger partial charge in [0.25, 0.3) is 11.8 Å². The van der Waals surface area contributed by atoms with Crippen molar-refractivity contribution in [2.24, 2.45) is 5.73 Å². The number of carbonyl (C=O) groups excluding carboxylic acids is 2. The Morgan fingerprint density at radius 2 is 1.81 bits per heavy atom. The van der Waals surface area contributed by atoms with Crippen LogP contribution in [-0.2, 0) is 6.18 Å². The normalized spacial score (nSPS) is 16.2. The number of fused-ring (bicyclic) bond motifs is 1. The Kier molecular flexibility index (Phi) is 4.97. The lowest BCUT2D eigenvalue weighted by molar-refractivity contribution is -0.137. The maximum absolute atomic E-state index is 13.9. The molecule has 1 aliphatic heterocycles. The number of benzene rings is 2. The zero-order chi connectivity index (χ0) is 22.3. The average Bonchev–Trinajstić information content (AvgIpc) is 3.15. The summed E-state index contributed by atoms with van der Waals surface area (Å²) >= 11 is 0. The van der Waals surface area contributed by atoms with E-state index in [1.165, 1.54) is 34.0 Å². The number of nitrogens with zero attached hydrogens (tertiary/aromatic N) is 3. The number of nitrogens with one attached hydrogen (secondary N) is 1. The number of anilines is 2. The summed E-state index contributed by atoms with van der Waals surface area (Å²) in [5, 5.41) is 6.46. The highest BCUT2D eigenvalue weighted by Gasteiger charge is 2.35. The highest BCUT2D eigenvalue weighted by atomic mass is 19.4. The lowest BCUT2D eigenvalue weighted by Gasteiger charge is -2.32. The van der Waals surface area contributed by atoms with Crippen LogP contribution in [0.5, 0.6) is 0 Å². The fourth-order valence-electron chi connectivity index (χ4n) is 3.28. The van der Waals surface area contributed by atoms with Gasteiger partial charge in [0.15, 0.2) is 5.69 Å². The number of halogens is 4. The molecule has 31 heavy (non-hydrogen) atoms. The summed E-state index contributed by atoms with van der Waals surface area (Å²) in [5.74, 6) is -2.15. The van der Waals surface area contributed by atoms with E-state index < -0.39 is 35.5 Å². The second kappa shape index (κ2) is 7.51. The van der Waals surface area contributed by atoms with Gasteiger partial charge in [-0.3, -0.25) is 9.59 Å². The van der Waals surface area contributed by atoms with Gasteiger partial charge >= 0.3 is 6.18 Å². The number of amides is 2. The van der Waals surface area contributed by atoms with Crippen molar-refractivity contribution in [3.63, 3.8) is 0 Å². The van der Waals surface area contributed by atoms with Crippen molar-refractivity contribution in [1.29, 1.82) is 0 Å². The van der Waals surface area contributed by atoms with Crippen LogP contribution in [0.15, 0.2) is 54.7 Å². The summed E-state index contributed by atoms with van der Waals surface area (Å²) in [6.45, 7) is -0.0421. The van der Waals surface area contributed by atoms with E-state index in [1.807, 2.05) is 0 Å². The van der Waals surface area contributed by atoms with Gasteiger partial charge in [-0.1, -0.05) is 12.1 Å². The molecule has 3 N–H and O–H groups in total. The third-order valence-corrected chi connectivity index (χ3v) is 4.80. The minimum atomic E-state index is -4.51. The summed E-state index contributed by atoms with van der Waals surface area (Å²) in [6, 6.07) is 9.37. The van der Waals surface area contributed by atoms with Gasteiger partial charge in [0, 0.05) is 5.69 Å². The second-order valence-electron chi connectivity index (χ2n) is 6.81.